The fraction of sp³-hybridized carbons (Fsp3) is 0. The van der Waals surface area contributed by atoms with E-state index in [0.717, 1.165) is 5.56 Å². The van der Waals surface area contributed by atoms with Crippen LogP contribution in [0, 0.1) is 11.6 Å². The summed E-state index contributed by atoms with van der Waals surface area (Å²) in [5, 5.41) is 7.30. The fourth-order valence-corrected chi connectivity index (χ4v) is 2.45. The van der Waals surface area contributed by atoms with Gasteiger partial charge in [0.25, 0.3) is 0 Å². The molecule has 2 heterocycles. The predicted molar refractivity (Wildman–Crippen MR) is 94.2 cm³/mol. The summed E-state index contributed by atoms with van der Waals surface area (Å²) >= 11 is 0. The third kappa shape index (κ3) is 3.27. The lowest BCUT2D eigenvalue weighted by molar-refractivity contribution is 0.628. The Morgan fingerprint density at radius 3 is 2.50 bits per heavy atom. The van der Waals surface area contributed by atoms with E-state index in [4.69, 9.17) is 0 Å². The quantitative estimate of drug-likeness (QED) is 0.595. The van der Waals surface area contributed by atoms with Crippen LogP contribution >= 0.6 is 0 Å². The van der Waals surface area contributed by atoms with Gasteiger partial charge in [-0.3, -0.25) is 0 Å². The van der Waals surface area contributed by atoms with Gasteiger partial charge in [-0.1, -0.05) is 12.1 Å². The van der Waals surface area contributed by atoms with E-state index in [1.165, 1.54) is 18.2 Å². The van der Waals surface area contributed by atoms with Gasteiger partial charge in [0, 0.05) is 24.0 Å². The zero-order valence-electron chi connectivity index (χ0n) is 13.5. The Balaban J connectivity index is 1.61. The van der Waals surface area contributed by atoms with Crippen LogP contribution in [0.5, 0.6) is 0 Å². The molecule has 128 valence electrons. The molecular formula is C19H13F2N5. The van der Waals surface area contributed by atoms with Crippen molar-refractivity contribution in [2.24, 2.45) is 0 Å². The molecule has 0 aliphatic carbocycles. The molecule has 1 N–H and O–H groups in total. The number of rotatable bonds is 4. The van der Waals surface area contributed by atoms with Gasteiger partial charge in [0.1, 0.15) is 11.6 Å². The molecule has 4 aromatic rings. The van der Waals surface area contributed by atoms with Crippen molar-refractivity contribution < 1.29 is 8.78 Å². The van der Waals surface area contributed by atoms with Gasteiger partial charge in [0.2, 0.25) is 5.95 Å². The van der Waals surface area contributed by atoms with Gasteiger partial charge in [0.05, 0.1) is 11.4 Å². The smallest absolute Gasteiger partial charge is 0.229 e. The molecule has 0 unspecified atom stereocenters. The van der Waals surface area contributed by atoms with Crippen LogP contribution in [0.3, 0.4) is 0 Å². The van der Waals surface area contributed by atoms with Gasteiger partial charge in [-0.2, -0.15) is 10.1 Å². The van der Waals surface area contributed by atoms with Crippen molar-refractivity contribution in [2.75, 3.05) is 5.32 Å². The molecule has 0 aliphatic heterocycles. The third-order valence-electron chi connectivity index (χ3n) is 3.72. The second-order valence-corrected chi connectivity index (χ2v) is 5.50. The average molecular weight is 349 g/mol. The Hall–Kier alpha value is -3.61. The van der Waals surface area contributed by atoms with Gasteiger partial charge in [-0.15, -0.1) is 0 Å². The normalized spacial score (nSPS) is 10.7. The van der Waals surface area contributed by atoms with Crippen LogP contribution in [-0.4, -0.2) is 19.7 Å². The number of nitrogens with one attached hydrogen (secondary N) is 1. The summed E-state index contributed by atoms with van der Waals surface area (Å²) in [5.74, 6) is 0.0886. The van der Waals surface area contributed by atoms with E-state index >= 15 is 0 Å². The number of anilines is 2. The topological polar surface area (TPSA) is 55.6 Å². The summed E-state index contributed by atoms with van der Waals surface area (Å²) in [6, 6.07) is 15.9. The molecule has 2 aromatic heterocycles. The minimum Gasteiger partial charge on any atom is -0.322 e. The fourth-order valence-electron chi connectivity index (χ4n) is 2.45. The van der Waals surface area contributed by atoms with E-state index < -0.39 is 0 Å². The van der Waals surface area contributed by atoms with Crippen molar-refractivity contribution in [3.63, 3.8) is 0 Å². The zero-order valence-corrected chi connectivity index (χ0v) is 13.5. The van der Waals surface area contributed by atoms with E-state index in [1.54, 1.807) is 59.5 Å². The summed E-state index contributed by atoms with van der Waals surface area (Å²) in [4.78, 5) is 8.46. The minimum absolute atomic E-state index is 0.256. The summed E-state index contributed by atoms with van der Waals surface area (Å²) in [6.07, 6.45) is 3.30. The standard InChI is InChI=1S/C19H13F2N5/c20-14-7-5-13(6-8-14)16-10-12-26(25-16)18-9-11-22-19(24-18)23-17-4-2-1-3-15(17)21/h1-12H,(H,22,23,24). The van der Waals surface area contributed by atoms with Crippen molar-refractivity contribution in [1.29, 1.82) is 0 Å². The lowest BCUT2D eigenvalue weighted by atomic mass is 10.1. The second-order valence-electron chi connectivity index (χ2n) is 5.50. The maximum absolute atomic E-state index is 13.8. The Bertz CT molecular complexity index is 1040. The molecule has 0 radical (unpaired) electrons. The predicted octanol–water partition coefficient (Wildman–Crippen LogP) is 4.35. The highest BCUT2D eigenvalue weighted by Crippen LogP contribution is 2.20. The first-order chi connectivity index (χ1) is 12.7. The lowest BCUT2D eigenvalue weighted by Gasteiger charge is -2.07. The van der Waals surface area contributed by atoms with Crippen molar-refractivity contribution in [3.05, 3.63) is 84.7 Å². The highest BCUT2D eigenvalue weighted by Gasteiger charge is 2.08. The molecular weight excluding hydrogens is 336 g/mol. The van der Waals surface area contributed by atoms with Crippen LogP contribution in [0.25, 0.3) is 17.1 Å². The highest BCUT2D eigenvalue weighted by atomic mass is 19.1. The van der Waals surface area contributed by atoms with Crippen molar-refractivity contribution in [3.8, 4) is 17.1 Å². The summed E-state index contributed by atoms with van der Waals surface area (Å²) in [7, 11) is 0. The lowest BCUT2D eigenvalue weighted by Crippen LogP contribution is -2.04. The molecule has 4 rings (SSSR count). The molecule has 0 amide bonds. The van der Waals surface area contributed by atoms with E-state index in [9.17, 15) is 8.78 Å². The highest BCUT2D eigenvalue weighted by molar-refractivity contribution is 5.59. The number of hydrogen-bond donors (Lipinski definition) is 1. The maximum atomic E-state index is 13.8. The van der Waals surface area contributed by atoms with Crippen LogP contribution in [0.15, 0.2) is 73.1 Å². The van der Waals surface area contributed by atoms with E-state index in [0.29, 0.717) is 11.5 Å². The molecule has 5 nitrogen and oxygen atoms in total. The molecule has 26 heavy (non-hydrogen) atoms. The SMILES string of the molecule is Fc1ccc(-c2ccn(-c3ccnc(Nc4ccccc4F)n3)n2)cc1. The molecule has 0 atom stereocenters. The summed E-state index contributed by atoms with van der Waals surface area (Å²) in [6.45, 7) is 0. The van der Waals surface area contributed by atoms with Gasteiger partial charge >= 0.3 is 0 Å². The van der Waals surface area contributed by atoms with E-state index in [2.05, 4.69) is 20.4 Å². The number of benzene rings is 2. The Morgan fingerprint density at radius 1 is 0.885 bits per heavy atom. The summed E-state index contributed by atoms with van der Waals surface area (Å²) in [5.41, 5.74) is 1.77. The maximum Gasteiger partial charge on any atom is 0.229 e. The third-order valence-corrected chi connectivity index (χ3v) is 3.72. The van der Waals surface area contributed by atoms with Gasteiger partial charge in [-0.25, -0.2) is 18.4 Å². The average Bonchev–Trinajstić information content (AvgIpc) is 3.15. The molecule has 0 spiro atoms. The van der Waals surface area contributed by atoms with Gasteiger partial charge < -0.3 is 5.32 Å². The molecule has 0 saturated carbocycles. The van der Waals surface area contributed by atoms with Crippen LogP contribution in [0.2, 0.25) is 0 Å². The Kier molecular flexibility index (Phi) is 4.10. The first kappa shape index (κ1) is 15.9. The largest absolute Gasteiger partial charge is 0.322 e. The molecule has 0 bridgehead atoms. The zero-order chi connectivity index (χ0) is 17.9. The van der Waals surface area contributed by atoms with Crippen LogP contribution in [0.4, 0.5) is 20.4 Å². The van der Waals surface area contributed by atoms with Crippen LogP contribution in [-0.2, 0) is 0 Å². The number of aromatic nitrogens is 4. The molecule has 0 saturated heterocycles. The molecule has 2 aromatic carbocycles. The molecule has 0 fully saturated rings. The van der Waals surface area contributed by atoms with Crippen LogP contribution < -0.4 is 5.32 Å². The van der Waals surface area contributed by atoms with Crippen LogP contribution in [0.1, 0.15) is 0 Å². The van der Waals surface area contributed by atoms with Gasteiger partial charge in [-0.05, 0) is 42.5 Å². The van der Waals surface area contributed by atoms with Gasteiger partial charge in [0.15, 0.2) is 5.82 Å². The van der Waals surface area contributed by atoms with E-state index in [-0.39, 0.29) is 23.3 Å². The molecule has 7 heteroatoms. The second kappa shape index (κ2) is 6.72. The van der Waals surface area contributed by atoms with Crippen molar-refractivity contribution >= 4 is 11.6 Å². The van der Waals surface area contributed by atoms with Crippen molar-refractivity contribution in [1.82, 2.24) is 19.7 Å². The molecule has 0 aliphatic rings. The number of para-hydroxylation sites is 1. The summed E-state index contributed by atoms with van der Waals surface area (Å²) < 4.78 is 28.4. The monoisotopic (exact) mass is 349 g/mol. The Labute approximate surface area is 148 Å². The van der Waals surface area contributed by atoms with E-state index in [1.807, 2.05) is 0 Å². The first-order valence-electron chi connectivity index (χ1n) is 7.86. The number of halogens is 2. The number of nitrogens with zero attached hydrogens (tertiary/aromatic N) is 4. The Morgan fingerprint density at radius 2 is 1.69 bits per heavy atom. The first-order valence-corrected chi connectivity index (χ1v) is 7.86. The minimum atomic E-state index is -0.390. The van der Waals surface area contributed by atoms with Crippen molar-refractivity contribution in [2.45, 2.75) is 0 Å². The number of hydrogen-bond acceptors (Lipinski definition) is 4.